The molecular weight excluding hydrogens is 388 g/mol. The molecule has 4 nitrogen and oxygen atoms in total. The number of Topliss-reactive ketones (excluding diaryl/α,β-unsaturated/α-hetero) is 1. The van der Waals surface area contributed by atoms with Crippen LogP contribution >= 0.6 is 18.8 Å². The van der Waals surface area contributed by atoms with E-state index in [4.69, 9.17) is 13.3 Å². The third-order valence-electron chi connectivity index (χ3n) is 0.733. The number of hydrogen-bond acceptors (Lipinski definition) is 4. The van der Waals surface area contributed by atoms with E-state index in [2.05, 4.69) is 18.8 Å². The van der Waals surface area contributed by atoms with Crippen molar-refractivity contribution in [2.24, 2.45) is 5.73 Å². The van der Waals surface area contributed by atoms with Crippen LogP contribution in [0.15, 0.2) is 0 Å². The van der Waals surface area contributed by atoms with Gasteiger partial charge in [0, 0.05) is 6.42 Å². The van der Waals surface area contributed by atoms with Gasteiger partial charge in [0.05, 0.1) is 0 Å². The summed E-state index contributed by atoms with van der Waals surface area (Å²) >= 11 is -4.00. The Kier molecular flexibility index (Phi) is 10.7. The minimum atomic E-state index is -4.00. The van der Waals surface area contributed by atoms with Gasteiger partial charge >= 0.3 is 41.1 Å². The summed E-state index contributed by atoms with van der Waals surface area (Å²) in [6, 6.07) is 0. The molecule has 0 aromatic rings. The van der Waals surface area contributed by atoms with Crippen LogP contribution in [0.25, 0.3) is 0 Å². The first-order valence-electron chi connectivity index (χ1n) is 2.99. The normalized spacial score (nSPS) is 11.5. The zero-order chi connectivity index (χ0) is 10.2. The van der Waals surface area contributed by atoms with Crippen LogP contribution in [0.4, 0.5) is 0 Å². The Hall–Kier alpha value is 0.818. The number of carbonyl (C=O) groups is 1. The van der Waals surface area contributed by atoms with Crippen molar-refractivity contribution in [3.8, 4) is 0 Å². The summed E-state index contributed by atoms with van der Waals surface area (Å²) in [6.45, 7) is 2.20. The molecule has 0 fully saturated rings. The van der Waals surface area contributed by atoms with Gasteiger partial charge in [-0.15, -0.1) is 0 Å². The summed E-state index contributed by atoms with van der Waals surface area (Å²) in [4.78, 5) is 10.1. The van der Waals surface area contributed by atoms with Crippen molar-refractivity contribution < 1.29 is 27.1 Å². The van der Waals surface area contributed by atoms with Crippen molar-refractivity contribution in [2.45, 2.75) is 19.8 Å². The molecule has 0 aromatic carbocycles. The monoisotopic (exact) mass is 400 g/mol. The van der Waals surface area contributed by atoms with Crippen LogP contribution < -0.4 is 5.73 Å². The van der Waals surface area contributed by atoms with Crippen molar-refractivity contribution in [3.63, 3.8) is 0 Å². The van der Waals surface area contributed by atoms with Gasteiger partial charge in [-0.05, 0) is 19.9 Å². The van der Waals surface area contributed by atoms with Crippen LogP contribution in [0.5, 0.6) is 0 Å². The van der Waals surface area contributed by atoms with E-state index < -0.39 is 14.7 Å². The molecule has 0 aliphatic heterocycles. The van der Waals surface area contributed by atoms with E-state index in [1.807, 2.05) is 0 Å². The van der Waals surface area contributed by atoms with Crippen molar-refractivity contribution in [2.75, 3.05) is 6.54 Å². The first kappa shape index (κ1) is 15.3. The molecule has 0 aliphatic rings. The maximum atomic E-state index is 10.1. The number of rotatable bonds is 3. The van der Waals surface area contributed by atoms with E-state index in [-0.39, 0.29) is 5.78 Å². The molecule has 0 saturated heterocycles. The molecule has 0 unspecified atom stereocenters. The molecule has 0 amide bonds. The van der Waals surface area contributed by atoms with Gasteiger partial charge in [-0.3, -0.25) is 0 Å². The first-order valence-corrected chi connectivity index (χ1v) is 10.7. The molecule has 0 bridgehead atoms. The van der Waals surface area contributed by atoms with E-state index in [9.17, 15) is 4.79 Å². The van der Waals surface area contributed by atoms with E-state index >= 15 is 0 Å². The van der Waals surface area contributed by atoms with Crippen molar-refractivity contribution in [1.82, 2.24) is 0 Å². The van der Waals surface area contributed by atoms with Crippen LogP contribution in [-0.2, 0) is 19.5 Å². The molecule has 7 heteroatoms. The van der Waals surface area contributed by atoms with Gasteiger partial charge < -0.3 is 10.5 Å². The van der Waals surface area contributed by atoms with Gasteiger partial charge in [0.1, 0.15) is 5.78 Å². The number of nitrogens with two attached hydrogens (primary N) is 1. The average Bonchev–Trinajstić information content (AvgIpc) is 1.79. The Balaban J connectivity index is 0. The van der Waals surface area contributed by atoms with Crippen molar-refractivity contribution >= 4 is 24.6 Å². The number of ketones is 1. The van der Waals surface area contributed by atoms with E-state index in [1.54, 1.807) is 6.92 Å². The van der Waals surface area contributed by atoms with E-state index in [0.29, 0.717) is 13.0 Å². The van der Waals surface area contributed by atoms with E-state index in [1.165, 1.54) is 0 Å². The third-order valence-corrected chi connectivity index (χ3v) is 0.733. The molecule has 4 N–H and O–H groups in total. The second-order valence-corrected chi connectivity index (χ2v) is 10.7. The Labute approximate surface area is 83.6 Å². The van der Waals surface area contributed by atoms with Gasteiger partial charge in [0.15, 0.2) is 0 Å². The van der Waals surface area contributed by atoms with Crippen molar-refractivity contribution in [3.05, 3.63) is 0 Å². The molecular formula is C5H13Cl2NO3Pt. The fourth-order valence-electron chi connectivity index (χ4n) is 0.351. The predicted octanol–water partition coefficient (Wildman–Crippen LogP) is 0.577. The van der Waals surface area contributed by atoms with Crippen LogP contribution in [0.1, 0.15) is 19.8 Å². The van der Waals surface area contributed by atoms with Gasteiger partial charge in [-0.2, -0.15) is 0 Å². The van der Waals surface area contributed by atoms with Gasteiger partial charge in [0.2, 0.25) is 0 Å². The number of halogens is 2. The van der Waals surface area contributed by atoms with Crippen LogP contribution in [0.2, 0.25) is 0 Å². The molecule has 0 rings (SSSR count). The fourth-order valence-corrected chi connectivity index (χ4v) is 0.351. The summed E-state index contributed by atoms with van der Waals surface area (Å²) in [6.07, 6.45) is 1.46. The molecule has 0 spiro atoms. The number of hydrogen-bond donors (Lipinski definition) is 3. The molecule has 0 radical (unpaired) electrons. The zero-order valence-corrected chi connectivity index (χ0v) is 10.4. The molecule has 0 atom stereocenters. The van der Waals surface area contributed by atoms with Crippen LogP contribution in [-0.4, -0.2) is 19.8 Å². The second kappa shape index (κ2) is 8.42. The molecule has 0 heterocycles. The predicted molar refractivity (Wildman–Crippen MR) is 45.1 cm³/mol. The van der Waals surface area contributed by atoms with Gasteiger partial charge in [-0.25, -0.2) is 0 Å². The van der Waals surface area contributed by atoms with Crippen LogP contribution in [0, 0.1) is 0 Å². The Bertz CT molecular complexity index is 122. The Morgan fingerprint density at radius 1 is 1.50 bits per heavy atom. The average molecular weight is 401 g/mol. The molecule has 0 aliphatic carbocycles. The summed E-state index contributed by atoms with van der Waals surface area (Å²) in [7, 11) is 9.17. The number of carbonyl (C=O) groups excluding carboxylic acids is 1. The molecule has 0 aromatic heterocycles. The second-order valence-electron chi connectivity index (χ2n) is 1.92. The van der Waals surface area contributed by atoms with Gasteiger partial charge in [-0.1, -0.05) is 0 Å². The zero-order valence-electron chi connectivity index (χ0n) is 6.57. The Morgan fingerprint density at radius 3 is 1.92 bits per heavy atom. The summed E-state index contributed by atoms with van der Waals surface area (Å²) < 4.78 is 15.6. The minimum absolute atomic E-state index is 0.227. The topological polar surface area (TPSA) is 83.6 Å². The molecule has 80 valence electrons. The SMILES string of the molecule is CC(=O)CCCN.[OH][Pt]([OH])([Cl])[Cl]. The standard InChI is InChI=1S/C5H11NO.2ClH.2H2O.Pt/c1-5(7)3-2-4-6;;;;;/h2-4,6H2,1H3;2*1H;2*1H2;/q;;;;;+4/p-4. The summed E-state index contributed by atoms with van der Waals surface area (Å²) in [5.41, 5.74) is 5.12. The van der Waals surface area contributed by atoms with Crippen LogP contribution in [0.3, 0.4) is 0 Å². The maximum absolute atomic E-state index is 10.1. The quantitative estimate of drug-likeness (QED) is 0.646. The van der Waals surface area contributed by atoms with Crippen molar-refractivity contribution in [1.29, 1.82) is 0 Å². The first-order chi connectivity index (χ1) is 5.27. The molecule has 0 saturated carbocycles. The molecule has 12 heavy (non-hydrogen) atoms. The van der Waals surface area contributed by atoms with Gasteiger partial charge in [0.25, 0.3) is 0 Å². The summed E-state index contributed by atoms with van der Waals surface area (Å²) in [5.74, 6) is 0.227. The fraction of sp³-hybridized carbons (Fsp3) is 0.800. The van der Waals surface area contributed by atoms with E-state index in [0.717, 1.165) is 6.42 Å². The third kappa shape index (κ3) is 44.9. The Morgan fingerprint density at radius 2 is 1.83 bits per heavy atom. The summed E-state index contributed by atoms with van der Waals surface area (Å²) in [5, 5.41) is 0.